The van der Waals surface area contributed by atoms with E-state index in [4.69, 9.17) is 32.2 Å². The minimum absolute atomic E-state index is 0. The van der Waals surface area contributed by atoms with Crippen LogP contribution in [0.15, 0.2) is 170 Å². The molecule has 10 aromatic rings. The van der Waals surface area contributed by atoms with Gasteiger partial charge in [-0.1, -0.05) is 145 Å². The van der Waals surface area contributed by atoms with Crippen LogP contribution in [-0.4, -0.2) is 22.2 Å². The Morgan fingerprint density at radius 1 is 0.746 bits per heavy atom. The van der Waals surface area contributed by atoms with Crippen LogP contribution < -0.4 is 14.5 Å². The number of nitrogens with zero attached hydrogens (tertiary/aromatic N) is 4. The molecule has 0 unspecified atom stereocenters. The van der Waals surface area contributed by atoms with Gasteiger partial charge in [0.15, 0.2) is 0 Å². The number of para-hydroxylation sites is 4. The number of fused-ring (bicyclic) bond motifs is 5. The third kappa shape index (κ3) is 6.35. The number of hydrogen-bond donors (Lipinski definition) is 0. The first-order valence-corrected chi connectivity index (χ1v) is 20.1. The SMILES string of the molecule is [2H]c1c([2H])c([2H])c(-c2cccc(-c3c([2H])c([2H])c([2H])c([2H])c3[2H])c2-[n+]2[c-]n(-c3[c-]c(Oc4[c-]c5c(cc4)c4ccccc4n5-c4cc5c(cn4)C([2H])([2H])C([2H])([2H])[Si]5(C([2H])([2H])[2H])C([2H])([2H])[2H])ccc3)c3ccccc32)c([2H])c1[2H].[Pt]. The summed E-state index contributed by atoms with van der Waals surface area (Å²) in [6, 6.07) is 28.9. The van der Waals surface area contributed by atoms with E-state index < -0.39 is 105 Å². The van der Waals surface area contributed by atoms with Crippen LogP contribution in [0.3, 0.4) is 0 Å². The fourth-order valence-electron chi connectivity index (χ4n) is 7.48. The fraction of sp³-hybridized carbons (Fsp3) is 0.0769. The van der Waals surface area contributed by atoms with Gasteiger partial charge in [-0.25, -0.2) is 4.98 Å². The summed E-state index contributed by atoms with van der Waals surface area (Å²) in [5.41, 5.74) is 1.51. The predicted molar refractivity (Wildman–Crippen MR) is 236 cm³/mol. The van der Waals surface area contributed by atoms with Gasteiger partial charge in [-0.15, -0.1) is 29.7 Å². The number of rotatable bonds is 7. The molecule has 1 aliphatic heterocycles. The van der Waals surface area contributed by atoms with Crippen molar-refractivity contribution in [1.82, 2.24) is 14.1 Å². The Bertz CT molecular complexity index is 4050. The molecule has 0 radical (unpaired) electrons. The molecule has 5 nitrogen and oxygen atoms in total. The summed E-state index contributed by atoms with van der Waals surface area (Å²) < 4.78 is 185. The van der Waals surface area contributed by atoms with E-state index >= 15 is 0 Å². The Morgan fingerprint density at radius 3 is 2.20 bits per heavy atom. The molecule has 0 aliphatic carbocycles. The number of imidazole rings is 1. The van der Waals surface area contributed by atoms with Crippen molar-refractivity contribution >= 4 is 46.1 Å². The third-order valence-electron chi connectivity index (χ3n) is 10.0. The molecular formula is C52H38N4OPtSi-2. The molecule has 3 aromatic heterocycles. The molecule has 0 bridgehead atoms. The normalized spacial score (nSPS) is 20.1. The van der Waals surface area contributed by atoms with Crippen LogP contribution in [0, 0.1) is 18.5 Å². The summed E-state index contributed by atoms with van der Waals surface area (Å²) >= 11 is 0. The second kappa shape index (κ2) is 14.8. The van der Waals surface area contributed by atoms with Gasteiger partial charge in [0.05, 0.1) is 38.5 Å². The average molecular weight is 978 g/mol. The Morgan fingerprint density at radius 2 is 1.44 bits per heavy atom. The van der Waals surface area contributed by atoms with Crippen molar-refractivity contribution in [2.24, 2.45) is 0 Å². The molecule has 1 aliphatic rings. The maximum atomic E-state index is 9.00. The van der Waals surface area contributed by atoms with Crippen molar-refractivity contribution in [1.29, 1.82) is 0 Å². The van der Waals surface area contributed by atoms with Gasteiger partial charge in [0.2, 0.25) is 0 Å². The topological polar surface area (TPSA) is 35.9 Å². The van der Waals surface area contributed by atoms with E-state index in [1.54, 1.807) is 81.9 Å². The van der Waals surface area contributed by atoms with E-state index in [1.807, 2.05) is 6.07 Å². The largest absolute Gasteiger partial charge is 0.510 e. The molecule has 7 heteroatoms. The van der Waals surface area contributed by atoms with Crippen LogP contribution >= 0.6 is 0 Å². The van der Waals surface area contributed by atoms with Crippen molar-refractivity contribution in [2.45, 2.75) is 25.3 Å². The van der Waals surface area contributed by atoms with Gasteiger partial charge < -0.3 is 13.9 Å². The number of ether oxygens (including phenoxy) is 1. The monoisotopic (exact) mass is 977 g/mol. The van der Waals surface area contributed by atoms with Crippen molar-refractivity contribution in [3.05, 3.63) is 194 Å². The number of benzene rings is 7. The summed E-state index contributed by atoms with van der Waals surface area (Å²) in [7, 11) is -5.50. The molecule has 0 saturated carbocycles. The number of hydrogen-bond acceptors (Lipinski definition) is 2. The minimum Gasteiger partial charge on any atom is -0.510 e. The first-order chi connectivity index (χ1) is 36.7. The molecule has 0 fully saturated rings. The average Bonchev–Trinajstić information content (AvgIpc) is 4.11. The van der Waals surface area contributed by atoms with E-state index in [2.05, 4.69) is 23.4 Å². The van der Waals surface area contributed by atoms with E-state index in [0.717, 1.165) is 6.20 Å². The first-order valence-electron chi connectivity index (χ1n) is 28.1. The van der Waals surface area contributed by atoms with Gasteiger partial charge in [0, 0.05) is 58.0 Å². The standard InChI is InChI=1S/C52H38N4OSi.Pt/c1-58(2)30-29-38-34-53-51(33-50(38)58)56-46-24-10-9-21-44(46)45-28-27-41(32-49(45)56)57-40-20-13-19-39(31-40)54-35-55(48-26-12-11-25-47(48)54)52-42(36-15-5-3-6-16-36)22-14-23-43(52)37-17-7-4-8-18-37;/h3-28,33-34H,29-30H2,1-2H3;/q-2;/i1D3,2D3,3D,4D,5D,6D,7D,8D,15D,16D,17D,18D,29D2,30D2;. The number of aryl methyl sites for hydroxylation is 1. The van der Waals surface area contributed by atoms with E-state index in [0.29, 0.717) is 38.5 Å². The van der Waals surface area contributed by atoms with Crippen molar-refractivity contribution in [3.8, 4) is 50.9 Å². The van der Waals surface area contributed by atoms with Crippen LogP contribution in [0.2, 0.25) is 18.9 Å². The van der Waals surface area contributed by atoms with Crippen LogP contribution in [0.5, 0.6) is 11.5 Å². The molecule has 288 valence electrons. The van der Waals surface area contributed by atoms with E-state index in [9.17, 15) is 0 Å². The molecule has 0 N–H and O–H groups in total. The smallest absolute Gasteiger partial charge is 0.268 e. The van der Waals surface area contributed by atoms with Crippen LogP contribution in [0.4, 0.5) is 0 Å². The zero-order chi connectivity index (χ0) is 56.1. The van der Waals surface area contributed by atoms with Gasteiger partial charge in [0.25, 0.3) is 6.33 Å². The Balaban J connectivity index is 0.00000704. The number of pyridine rings is 1. The Kier molecular flexibility index (Phi) is 5.29. The van der Waals surface area contributed by atoms with Crippen LogP contribution in [0.1, 0.15) is 33.0 Å². The maximum Gasteiger partial charge on any atom is 0.268 e. The van der Waals surface area contributed by atoms with Gasteiger partial charge >= 0.3 is 0 Å². The van der Waals surface area contributed by atoms with Crippen molar-refractivity contribution in [3.63, 3.8) is 0 Å². The Labute approximate surface area is 387 Å². The first kappa shape index (κ1) is 21.1. The Hall–Kier alpha value is -6.33. The zero-order valence-corrected chi connectivity index (χ0v) is 33.7. The molecular weight excluding hydrogens is 920 g/mol. The quantitative estimate of drug-likeness (QED) is 0.0906. The van der Waals surface area contributed by atoms with Crippen LogP contribution in [-0.2, 0) is 27.4 Å². The fourth-order valence-corrected chi connectivity index (χ4v) is 8.82. The summed E-state index contributed by atoms with van der Waals surface area (Å²) in [6.07, 6.45) is 1.33. The predicted octanol–water partition coefficient (Wildman–Crippen LogP) is 11.4. The second-order valence-corrected chi connectivity index (χ2v) is 15.8. The molecule has 0 amide bonds. The maximum absolute atomic E-state index is 9.00. The minimum atomic E-state index is -5.50. The van der Waals surface area contributed by atoms with Crippen molar-refractivity contribution < 1.29 is 57.8 Å². The van der Waals surface area contributed by atoms with E-state index in [-0.39, 0.29) is 66.3 Å². The number of aromatic nitrogens is 4. The van der Waals surface area contributed by atoms with Gasteiger partial charge in [-0.05, 0) is 63.4 Å². The van der Waals surface area contributed by atoms with E-state index in [1.165, 1.54) is 28.8 Å². The molecule has 7 aromatic carbocycles. The molecule has 11 rings (SSSR count). The van der Waals surface area contributed by atoms with Crippen LogP contribution in [0.25, 0.3) is 72.3 Å². The summed E-state index contributed by atoms with van der Waals surface area (Å²) in [5.74, 6) is -3.01. The zero-order valence-electron chi connectivity index (χ0n) is 50.4. The molecule has 4 heterocycles. The molecule has 59 heavy (non-hydrogen) atoms. The molecule has 0 spiro atoms. The molecule has 0 atom stereocenters. The van der Waals surface area contributed by atoms with Crippen molar-refractivity contribution in [2.75, 3.05) is 0 Å². The summed E-state index contributed by atoms with van der Waals surface area (Å²) in [6.45, 7) is -6.84. The third-order valence-corrected chi connectivity index (χ3v) is 11.8. The summed E-state index contributed by atoms with van der Waals surface area (Å²) in [4.78, 5) is 4.53. The summed E-state index contributed by atoms with van der Waals surface area (Å²) in [5, 5.41) is 0.896. The van der Waals surface area contributed by atoms with Gasteiger partial charge in [-0.3, -0.25) is 4.57 Å². The molecule has 0 saturated heterocycles. The van der Waals surface area contributed by atoms with Gasteiger partial charge in [-0.2, -0.15) is 18.2 Å². The second-order valence-electron chi connectivity index (χ2n) is 13.5. The van der Waals surface area contributed by atoms with Gasteiger partial charge in [0.1, 0.15) is 5.82 Å².